The predicted molar refractivity (Wildman–Crippen MR) is 66.2 cm³/mol. The minimum Gasteiger partial charge on any atom is -0.386 e. The maximum absolute atomic E-state index is 12.4. The van der Waals surface area contributed by atoms with Gasteiger partial charge in [0.15, 0.2) is 11.6 Å². The minimum absolute atomic E-state index is 0.0632. The number of nitrogens with zero attached hydrogens (tertiary/aromatic N) is 3. The van der Waals surface area contributed by atoms with Gasteiger partial charge in [-0.3, -0.25) is 4.79 Å². The Kier molecular flexibility index (Phi) is 2.27. The number of fused-ring (bicyclic) bond motifs is 1. The van der Waals surface area contributed by atoms with E-state index in [9.17, 15) is 4.79 Å². The zero-order chi connectivity index (χ0) is 13.0. The molecule has 6 nitrogen and oxygen atoms in total. The standard InChI is InChI=1S/C11H17N5O/c1-11(2,3)5-7(17)6-9(14-8(5)12)15-10(13)16(6)4/h5H,1-4H3,(H2,12,14)(H2,13,15). The van der Waals surface area contributed by atoms with Crippen molar-refractivity contribution in [2.24, 2.45) is 29.1 Å². The molecule has 2 heterocycles. The first kappa shape index (κ1) is 11.6. The van der Waals surface area contributed by atoms with Gasteiger partial charge in [-0.05, 0) is 5.41 Å². The predicted octanol–water partition coefficient (Wildman–Crippen LogP) is 0.850. The van der Waals surface area contributed by atoms with Crippen LogP contribution in [0.5, 0.6) is 0 Å². The molecule has 0 saturated heterocycles. The number of nitrogen functional groups attached to an aromatic ring is 1. The van der Waals surface area contributed by atoms with E-state index in [0.29, 0.717) is 17.3 Å². The molecule has 0 amide bonds. The van der Waals surface area contributed by atoms with Crippen LogP contribution in [0.1, 0.15) is 31.3 Å². The first-order valence-electron chi connectivity index (χ1n) is 5.44. The Hall–Kier alpha value is -1.85. The second kappa shape index (κ2) is 3.32. The van der Waals surface area contributed by atoms with Gasteiger partial charge in [-0.2, -0.15) is 4.98 Å². The molecule has 4 N–H and O–H groups in total. The number of aliphatic imine (C=N–C) groups is 1. The number of hydrogen-bond acceptors (Lipinski definition) is 5. The third-order valence-corrected chi connectivity index (χ3v) is 3.00. The lowest BCUT2D eigenvalue weighted by atomic mass is 9.75. The normalized spacial score (nSPS) is 20.1. The molecule has 0 aromatic carbocycles. The molecule has 17 heavy (non-hydrogen) atoms. The highest BCUT2D eigenvalue weighted by Crippen LogP contribution is 2.36. The van der Waals surface area contributed by atoms with Crippen LogP contribution in [0.4, 0.5) is 11.8 Å². The van der Waals surface area contributed by atoms with Gasteiger partial charge in [0.1, 0.15) is 11.5 Å². The highest BCUT2D eigenvalue weighted by Gasteiger charge is 2.41. The summed E-state index contributed by atoms with van der Waals surface area (Å²) in [6.45, 7) is 5.88. The number of hydrogen-bond donors (Lipinski definition) is 2. The van der Waals surface area contributed by atoms with E-state index in [2.05, 4.69) is 9.98 Å². The monoisotopic (exact) mass is 235 g/mol. The average molecular weight is 235 g/mol. The number of carbonyl (C=O) groups is 1. The minimum atomic E-state index is -0.426. The molecular weight excluding hydrogens is 218 g/mol. The SMILES string of the molecule is Cn1c(N)nc2c1C(=O)C(C(C)(C)C)C(N)=N2. The molecule has 0 spiro atoms. The number of amidine groups is 1. The fourth-order valence-electron chi connectivity index (χ4n) is 2.15. The van der Waals surface area contributed by atoms with E-state index in [-0.39, 0.29) is 17.1 Å². The molecule has 1 aromatic rings. The van der Waals surface area contributed by atoms with E-state index in [1.807, 2.05) is 20.8 Å². The van der Waals surface area contributed by atoms with Crippen molar-refractivity contribution < 1.29 is 4.79 Å². The van der Waals surface area contributed by atoms with Crippen LogP contribution in [0, 0.1) is 11.3 Å². The van der Waals surface area contributed by atoms with E-state index in [0.717, 1.165) is 0 Å². The van der Waals surface area contributed by atoms with Crippen LogP contribution in [0.25, 0.3) is 0 Å². The van der Waals surface area contributed by atoms with Crippen LogP contribution < -0.4 is 11.5 Å². The van der Waals surface area contributed by atoms with Crippen LogP contribution in [-0.2, 0) is 7.05 Å². The smallest absolute Gasteiger partial charge is 0.202 e. The van der Waals surface area contributed by atoms with Crippen molar-refractivity contribution in [3.05, 3.63) is 5.69 Å². The first-order valence-corrected chi connectivity index (χ1v) is 5.44. The lowest BCUT2D eigenvalue weighted by Gasteiger charge is -2.30. The summed E-state index contributed by atoms with van der Waals surface area (Å²) in [5.74, 6) is 0.423. The Bertz CT molecular complexity index is 521. The summed E-state index contributed by atoms with van der Waals surface area (Å²) < 4.78 is 1.56. The Balaban J connectivity index is 2.62. The molecule has 0 bridgehead atoms. The Morgan fingerprint density at radius 1 is 1.29 bits per heavy atom. The molecule has 1 atom stereocenters. The van der Waals surface area contributed by atoms with Crippen LogP contribution in [-0.4, -0.2) is 21.2 Å². The summed E-state index contributed by atoms with van der Waals surface area (Å²) in [7, 11) is 1.70. The van der Waals surface area contributed by atoms with E-state index in [1.54, 1.807) is 11.6 Å². The van der Waals surface area contributed by atoms with Crippen LogP contribution in [0.2, 0.25) is 0 Å². The fraction of sp³-hybridized carbons (Fsp3) is 0.545. The second-order valence-corrected chi connectivity index (χ2v) is 5.40. The molecule has 1 unspecified atom stereocenters. The number of carbonyl (C=O) groups excluding carboxylic acids is 1. The summed E-state index contributed by atoms with van der Waals surface area (Å²) in [6.07, 6.45) is 0. The first-order chi connectivity index (χ1) is 7.73. The zero-order valence-corrected chi connectivity index (χ0v) is 10.5. The molecule has 0 aliphatic carbocycles. The van der Waals surface area contributed by atoms with Crippen molar-refractivity contribution in [1.82, 2.24) is 9.55 Å². The molecule has 0 saturated carbocycles. The van der Waals surface area contributed by atoms with Crippen LogP contribution in [0.15, 0.2) is 4.99 Å². The maximum Gasteiger partial charge on any atom is 0.202 e. The third-order valence-electron chi connectivity index (χ3n) is 3.00. The molecule has 92 valence electrons. The third kappa shape index (κ3) is 1.60. The average Bonchev–Trinajstić information content (AvgIpc) is 2.39. The molecule has 0 radical (unpaired) electrons. The number of rotatable bonds is 0. The van der Waals surface area contributed by atoms with Crippen molar-refractivity contribution in [2.45, 2.75) is 20.8 Å². The fourth-order valence-corrected chi connectivity index (χ4v) is 2.15. The van der Waals surface area contributed by atoms with Crippen LogP contribution in [0.3, 0.4) is 0 Å². The van der Waals surface area contributed by atoms with E-state index < -0.39 is 5.92 Å². The summed E-state index contributed by atoms with van der Waals surface area (Å²) in [5, 5.41) is 0. The topological polar surface area (TPSA) is 99.3 Å². The largest absolute Gasteiger partial charge is 0.386 e. The lowest BCUT2D eigenvalue weighted by molar-refractivity contribution is 0.0876. The van der Waals surface area contributed by atoms with E-state index in [4.69, 9.17) is 11.5 Å². The Morgan fingerprint density at radius 3 is 2.41 bits per heavy atom. The second-order valence-electron chi connectivity index (χ2n) is 5.40. The van der Waals surface area contributed by atoms with Crippen molar-refractivity contribution >= 4 is 23.4 Å². The Morgan fingerprint density at radius 2 is 1.88 bits per heavy atom. The van der Waals surface area contributed by atoms with Crippen molar-refractivity contribution in [2.75, 3.05) is 5.73 Å². The van der Waals surface area contributed by atoms with Gasteiger partial charge >= 0.3 is 0 Å². The summed E-state index contributed by atoms with van der Waals surface area (Å²) in [6, 6.07) is 0. The summed E-state index contributed by atoms with van der Waals surface area (Å²) in [4.78, 5) is 20.6. The molecule has 1 aliphatic heterocycles. The number of imidazole rings is 1. The van der Waals surface area contributed by atoms with Gasteiger partial charge < -0.3 is 16.0 Å². The Labute approximate surface area is 99.7 Å². The molecule has 2 rings (SSSR count). The highest BCUT2D eigenvalue weighted by molar-refractivity contribution is 6.16. The van der Waals surface area contributed by atoms with Gasteiger partial charge in [-0.15, -0.1) is 0 Å². The maximum atomic E-state index is 12.4. The summed E-state index contributed by atoms with van der Waals surface area (Å²) >= 11 is 0. The number of ketones is 1. The van der Waals surface area contributed by atoms with Gasteiger partial charge in [0.05, 0.1) is 5.92 Å². The van der Waals surface area contributed by atoms with Crippen molar-refractivity contribution in [1.29, 1.82) is 0 Å². The van der Waals surface area contributed by atoms with Crippen LogP contribution >= 0.6 is 0 Å². The lowest BCUT2D eigenvalue weighted by Crippen LogP contribution is -2.42. The zero-order valence-electron chi connectivity index (χ0n) is 10.5. The van der Waals surface area contributed by atoms with Crippen molar-refractivity contribution in [3.63, 3.8) is 0 Å². The highest BCUT2D eigenvalue weighted by atomic mass is 16.1. The molecule has 6 heteroatoms. The molecule has 0 fully saturated rings. The van der Waals surface area contributed by atoms with Gasteiger partial charge in [0.25, 0.3) is 0 Å². The molecule has 1 aliphatic rings. The van der Waals surface area contributed by atoms with Crippen molar-refractivity contribution in [3.8, 4) is 0 Å². The number of anilines is 1. The van der Waals surface area contributed by atoms with Gasteiger partial charge in [0.2, 0.25) is 5.95 Å². The van der Waals surface area contributed by atoms with Gasteiger partial charge in [0, 0.05) is 7.05 Å². The summed E-state index contributed by atoms with van der Waals surface area (Å²) in [5.41, 5.74) is 11.7. The number of Topliss-reactive ketones (excluding diaryl/α,β-unsaturated/α-hetero) is 1. The number of aromatic nitrogens is 2. The number of nitrogens with two attached hydrogens (primary N) is 2. The van der Waals surface area contributed by atoms with E-state index in [1.165, 1.54) is 0 Å². The molecule has 1 aromatic heterocycles. The molecular formula is C11H17N5O. The van der Waals surface area contributed by atoms with Gasteiger partial charge in [-0.1, -0.05) is 20.8 Å². The van der Waals surface area contributed by atoms with E-state index >= 15 is 0 Å². The van der Waals surface area contributed by atoms with Gasteiger partial charge in [-0.25, -0.2) is 4.99 Å². The quantitative estimate of drug-likeness (QED) is 0.696.